The number of hydrogen-bond acceptors (Lipinski definition) is 5. The van der Waals surface area contributed by atoms with Crippen LogP contribution >= 0.6 is 11.3 Å². The lowest BCUT2D eigenvalue weighted by Gasteiger charge is -2.06. The van der Waals surface area contributed by atoms with Crippen molar-refractivity contribution >= 4 is 28.3 Å². The molecule has 0 radical (unpaired) electrons. The van der Waals surface area contributed by atoms with Gasteiger partial charge in [-0.25, -0.2) is 23.8 Å². The molecular weight excluding hydrogens is 420 g/mol. The van der Waals surface area contributed by atoms with Crippen LogP contribution in [0.15, 0.2) is 64.9 Å². The van der Waals surface area contributed by atoms with E-state index < -0.39 is 17.0 Å². The van der Waals surface area contributed by atoms with Crippen molar-refractivity contribution < 1.29 is 14.1 Å². The molecular formula is C21H18N4O3S2. The minimum Gasteiger partial charge on any atom is -0.476 e. The molecule has 0 aliphatic carbocycles. The lowest BCUT2D eigenvalue weighted by molar-refractivity contribution is 0.0691. The van der Waals surface area contributed by atoms with Crippen LogP contribution in [0.5, 0.6) is 0 Å². The van der Waals surface area contributed by atoms with Crippen molar-refractivity contribution in [2.45, 2.75) is 18.2 Å². The van der Waals surface area contributed by atoms with Crippen LogP contribution in [0.3, 0.4) is 0 Å². The van der Waals surface area contributed by atoms with E-state index in [0.29, 0.717) is 16.4 Å². The molecule has 4 rings (SSSR count). The second kappa shape index (κ2) is 8.31. The van der Waals surface area contributed by atoms with Crippen LogP contribution in [0.2, 0.25) is 0 Å². The minimum absolute atomic E-state index is 0.00177. The first-order valence-electron chi connectivity index (χ1n) is 9.02. The summed E-state index contributed by atoms with van der Waals surface area (Å²) in [6.07, 6.45) is 0.602. The minimum atomic E-state index is -1.52. The van der Waals surface area contributed by atoms with E-state index in [4.69, 9.17) is 10.2 Å². The maximum absolute atomic E-state index is 11.4. The van der Waals surface area contributed by atoms with Crippen LogP contribution in [0, 0.1) is 6.92 Å². The van der Waals surface area contributed by atoms with E-state index in [1.165, 1.54) is 16.7 Å². The molecule has 0 bridgehead atoms. The van der Waals surface area contributed by atoms with Crippen molar-refractivity contribution in [1.29, 1.82) is 0 Å². The van der Waals surface area contributed by atoms with Gasteiger partial charge in [0.25, 0.3) is 0 Å². The van der Waals surface area contributed by atoms with E-state index in [1.54, 1.807) is 16.8 Å². The van der Waals surface area contributed by atoms with E-state index in [9.17, 15) is 14.1 Å². The third-order valence-corrected chi connectivity index (χ3v) is 6.27. The van der Waals surface area contributed by atoms with Gasteiger partial charge in [0.1, 0.15) is 11.0 Å². The monoisotopic (exact) mass is 438 g/mol. The van der Waals surface area contributed by atoms with Crippen LogP contribution in [0.25, 0.3) is 16.4 Å². The predicted molar refractivity (Wildman–Crippen MR) is 116 cm³/mol. The molecule has 30 heavy (non-hydrogen) atoms. The fraction of sp³-hybridized carbons (Fsp3) is 0.0952. The van der Waals surface area contributed by atoms with Crippen LogP contribution in [0.4, 0.5) is 0 Å². The molecule has 0 fully saturated rings. The second-order valence-corrected chi connectivity index (χ2v) is 8.53. The van der Waals surface area contributed by atoms with Crippen molar-refractivity contribution in [1.82, 2.24) is 14.8 Å². The molecule has 0 spiro atoms. The average Bonchev–Trinajstić information content (AvgIpc) is 3.35. The average molecular weight is 439 g/mol. The Bertz CT molecular complexity index is 1230. The van der Waals surface area contributed by atoms with Crippen LogP contribution in [-0.2, 0) is 17.4 Å². The lowest BCUT2D eigenvalue weighted by Crippen LogP contribution is -2.03. The molecule has 3 N–H and O–H groups in total. The molecule has 1 unspecified atom stereocenters. The Labute approximate surface area is 179 Å². The van der Waals surface area contributed by atoms with Crippen LogP contribution < -0.4 is 5.14 Å². The number of thiazole rings is 1. The van der Waals surface area contributed by atoms with Gasteiger partial charge in [0.15, 0.2) is 5.69 Å². The maximum atomic E-state index is 11.4. The lowest BCUT2D eigenvalue weighted by atomic mass is 9.99. The molecule has 0 saturated carbocycles. The molecule has 0 saturated heterocycles. The molecule has 2 aromatic heterocycles. The molecule has 0 aliphatic heterocycles. The van der Waals surface area contributed by atoms with E-state index in [2.05, 4.69) is 4.98 Å². The van der Waals surface area contributed by atoms with E-state index in [-0.39, 0.29) is 5.69 Å². The largest absolute Gasteiger partial charge is 0.476 e. The number of nitrogens with two attached hydrogens (primary N) is 1. The molecule has 7 nitrogen and oxygen atoms in total. The Kier molecular flexibility index (Phi) is 5.58. The number of rotatable bonds is 6. The van der Waals surface area contributed by atoms with Gasteiger partial charge in [-0.15, -0.1) is 11.3 Å². The van der Waals surface area contributed by atoms with Crippen molar-refractivity contribution in [3.8, 4) is 16.4 Å². The SMILES string of the molecule is Cc1c(Cc2ccc(S(N)=O)cc2)c(-c2ccccc2)nn1-c1nc(C(=O)O)cs1. The Morgan fingerprint density at radius 1 is 1.17 bits per heavy atom. The summed E-state index contributed by atoms with van der Waals surface area (Å²) in [6, 6.07) is 17.1. The van der Waals surface area contributed by atoms with E-state index >= 15 is 0 Å². The smallest absolute Gasteiger partial charge is 0.355 e. The molecule has 0 amide bonds. The summed E-state index contributed by atoms with van der Waals surface area (Å²) in [6.45, 7) is 1.94. The van der Waals surface area contributed by atoms with Gasteiger partial charge in [0, 0.05) is 28.6 Å². The topological polar surface area (TPSA) is 111 Å². The summed E-state index contributed by atoms with van der Waals surface area (Å²) in [5.41, 5.74) is 4.68. The molecule has 0 aliphatic rings. The van der Waals surface area contributed by atoms with Crippen molar-refractivity contribution in [2.24, 2.45) is 5.14 Å². The first kappa shape index (κ1) is 20.1. The third kappa shape index (κ3) is 3.95. The highest BCUT2D eigenvalue weighted by Crippen LogP contribution is 2.30. The number of aromatic nitrogens is 3. The number of carbonyl (C=O) groups is 1. The zero-order chi connectivity index (χ0) is 21.3. The number of aromatic carboxylic acids is 1. The molecule has 2 heterocycles. The number of hydrogen-bond donors (Lipinski definition) is 2. The standard InChI is InChI=1S/C21H18N4O3S2/c1-13-17(11-14-7-9-16(10-8-14)30(22)28)19(15-5-3-2-4-6-15)24-25(13)21-23-18(12-29-21)20(26)27/h2-10,12H,11,22H2,1H3,(H,26,27). The number of benzene rings is 2. The van der Waals surface area contributed by atoms with Gasteiger partial charge >= 0.3 is 5.97 Å². The highest BCUT2D eigenvalue weighted by atomic mass is 32.2. The van der Waals surface area contributed by atoms with Crippen molar-refractivity contribution in [3.63, 3.8) is 0 Å². The Morgan fingerprint density at radius 2 is 1.87 bits per heavy atom. The highest BCUT2D eigenvalue weighted by Gasteiger charge is 2.20. The zero-order valence-corrected chi connectivity index (χ0v) is 17.6. The predicted octanol–water partition coefficient (Wildman–Crippen LogP) is 3.57. The summed E-state index contributed by atoms with van der Waals surface area (Å²) >= 11 is 1.23. The summed E-state index contributed by atoms with van der Waals surface area (Å²) in [4.78, 5) is 16.0. The molecule has 152 valence electrons. The summed E-state index contributed by atoms with van der Waals surface area (Å²) in [5, 5.41) is 21.4. The highest BCUT2D eigenvalue weighted by molar-refractivity contribution is 7.82. The number of carboxylic acid groups (broad SMARTS) is 1. The first-order chi connectivity index (χ1) is 14.4. The Morgan fingerprint density at radius 3 is 2.47 bits per heavy atom. The molecule has 4 aromatic rings. The van der Waals surface area contributed by atoms with Crippen molar-refractivity contribution in [2.75, 3.05) is 0 Å². The number of nitrogens with zero attached hydrogens (tertiary/aromatic N) is 3. The fourth-order valence-corrected chi connectivity index (χ4v) is 4.37. The van der Waals surface area contributed by atoms with Crippen LogP contribution in [-0.4, -0.2) is 30.0 Å². The zero-order valence-electron chi connectivity index (χ0n) is 16.0. The first-order valence-corrected chi connectivity index (χ1v) is 11.1. The van der Waals surface area contributed by atoms with Gasteiger partial charge in [-0.05, 0) is 24.6 Å². The number of carboxylic acids is 1. The van der Waals surface area contributed by atoms with Gasteiger partial charge in [0.2, 0.25) is 5.13 Å². The van der Waals surface area contributed by atoms with E-state index in [0.717, 1.165) is 28.1 Å². The van der Waals surface area contributed by atoms with Crippen LogP contribution in [0.1, 0.15) is 27.3 Å². The van der Waals surface area contributed by atoms with Crippen molar-refractivity contribution in [3.05, 3.63) is 82.5 Å². The molecule has 9 heteroatoms. The van der Waals surface area contributed by atoms with Gasteiger partial charge < -0.3 is 5.11 Å². The van der Waals surface area contributed by atoms with Gasteiger partial charge in [-0.3, -0.25) is 0 Å². The maximum Gasteiger partial charge on any atom is 0.355 e. The Hall–Kier alpha value is -3.14. The van der Waals surface area contributed by atoms with E-state index in [1.807, 2.05) is 49.4 Å². The summed E-state index contributed by atoms with van der Waals surface area (Å²) < 4.78 is 13.1. The Balaban J connectivity index is 1.80. The van der Waals surface area contributed by atoms with Gasteiger partial charge in [-0.1, -0.05) is 42.5 Å². The van der Waals surface area contributed by atoms with Gasteiger partial charge in [0.05, 0.1) is 10.6 Å². The summed E-state index contributed by atoms with van der Waals surface area (Å²) in [5.74, 6) is -1.07. The second-order valence-electron chi connectivity index (χ2n) is 6.63. The summed E-state index contributed by atoms with van der Waals surface area (Å²) in [7, 11) is -1.52. The normalized spacial score (nSPS) is 12.1. The quantitative estimate of drug-likeness (QED) is 0.478. The van der Waals surface area contributed by atoms with Gasteiger partial charge in [-0.2, -0.15) is 5.10 Å². The molecule has 2 aromatic carbocycles. The molecule has 1 atom stereocenters. The third-order valence-electron chi connectivity index (χ3n) is 4.72. The fourth-order valence-electron chi connectivity index (χ4n) is 3.17.